The fraction of sp³-hybridized carbons (Fsp3) is 0.250. The first-order chi connectivity index (χ1) is 9.66. The molecule has 0 radical (unpaired) electrons. The van der Waals surface area contributed by atoms with Gasteiger partial charge in [0.15, 0.2) is 0 Å². The number of nitrogens with one attached hydrogen (secondary N) is 1. The molecule has 0 spiro atoms. The average Bonchev–Trinajstić information content (AvgIpc) is 2.47. The van der Waals surface area contributed by atoms with Crippen molar-refractivity contribution in [3.8, 4) is 0 Å². The van der Waals surface area contributed by atoms with E-state index in [1.54, 1.807) is 12.4 Å². The standard InChI is InChI=1S/C16H18N2OS/c1-12-10-17-8-7-14(12)11-18-16(19)15(20)9-13-5-3-2-4-6-13/h2-8,10,15,20H,9,11H2,1H3,(H,18,19). The molecule has 1 heterocycles. The Kier molecular flexibility index (Phi) is 5.18. The zero-order chi connectivity index (χ0) is 14.4. The van der Waals surface area contributed by atoms with Crippen LogP contribution in [-0.2, 0) is 17.8 Å². The lowest BCUT2D eigenvalue weighted by Crippen LogP contribution is -2.32. The van der Waals surface area contributed by atoms with Gasteiger partial charge in [-0.05, 0) is 36.1 Å². The van der Waals surface area contributed by atoms with Crippen molar-refractivity contribution in [2.24, 2.45) is 0 Å². The molecule has 1 N–H and O–H groups in total. The molecule has 4 heteroatoms. The molecule has 0 aliphatic heterocycles. The number of amides is 1. The Balaban J connectivity index is 1.87. The lowest BCUT2D eigenvalue weighted by Gasteiger charge is -2.12. The highest BCUT2D eigenvalue weighted by atomic mass is 32.1. The van der Waals surface area contributed by atoms with Crippen LogP contribution < -0.4 is 5.32 Å². The Bertz CT molecular complexity index is 572. The number of pyridine rings is 1. The van der Waals surface area contributed by atoms with Crippen LogP contribution in [0, 0.1) is 6.92 Å². The maximum absolute atomic E-state index is 12.0. The summed E-state index contributed by atoms with van der Waals surface area (Å²) >= 11 is 4.38. The molecule has 0 aliphatic rings. The van der Waals surface area contributed by atoms with Crippen molar-refractivity contribution in [1.82, 2.24) is 10.3 Å². The van der Waals surface area contributed by atoms with Gasteiger partial charge in [-0.2, -0.15) is 12.6 Å². The Labute approximate surface area is 124 Å². The predicted molar refractivity (Wildman–Crippen MR) is 83.7 cm³/mol. The molecule has 3 nitrogen and oxygen atoms in total. The zero-order valence-corrected chi connectivity index (χ0v) is 12.3. The summed E-state index contributed by atoms with van der Waals surface area (Å²) in [7, 11) is 0. The lowest BCUT2D eigenvalue weighted by molar-refractivity contribution is -0.120. The summed E-state index contributed by atoms with van der Waals surface area (Å²) in [6, 6.07) is 11.8. The highest BCUT2D eigenvalue weighted by Crippen LogP contribution is 2.09. The van der Waals surface area contributed by atoms with Gasteiger partial charge in [-0.25, -0.2) is 0 Å². The number of carbonyl (C=O) groups is 1. The van der Waals surface area contributed by atoms with E-state index in [0.29, 0.717) is 13.0 Å². The number of aromatic nitrogens is 1. The smallest absolute Gasteiger partial charge is 0.233 e. The molecular formula is C16H18N2OS. The van der Waals surface area contributed by atoms with Crippen molar-refractivity contribution in [1.29, 1.82) is 0 Å². The summed E-state index contributed by atoms with van der Waals surface area (Å²) in [5.41, 5.74) is 3.27. The Morgan fingerprint density at radius 1 is 1.30 bits per heavy atom. The van der Waals surface area contributed by atoms with Gasteiger partial charge in [0.25, 0.3) is 0 Å². The van der Waals surface area contributed by atoms with Crippen LogP contribution in [0.5, 0.6) is 0 Å². The number of benzene rings is 1. The van der Waals surface area contributed by atoms with E-state index >= 15 is 0 Å². The maximum Gasteiger partial charge on any atom is 0.233 e. The van der Waals surface area contributed by atoms with Gasteiger partial charge in [0.1, 0.15) is 0 Å². The molecular weight excluding hydrogens is 268 g/mol. The summed E-state index contributed by atoms with van der Waals surface area (Å²) < 4.78 is 0. The van der Waals surface area contributed by atoms with Crippen molar-refractivity contribution < 1.29 is 4.79 Å². The highest BCUT2D eigenvalue weighted by Gasteiger charge is 2.14. The van der Waals surface area contributed by atoms with Gasteiger partial charge in [0, 0.05) is 18.9 Å². The Morgan fingerprint density at radius 2 is 2.05 bits per heavy atom. The zero-order valence-electron chi connectivity index (χ0n) is 11.4. The second-order valence-electron chi connectivity index (χ2n) is 4.73. The van der Waals surface area contributed by atoms with Crippen LogP contribution in [0.25, 0.3) is 0 Å². The van der Waals surface area contributed by atoms with E-state index in [1.807, 2.05) is 43.3 Å². The van der Waals surface area contributed by atoms with Gasteiger partial charge in [-0.15, -0.1) is 0 Å². The first-order valence-electron chi connectivity index (χ1n) is 6.56. The molecule has 0 bridgehead atoms. The Hall–Kier alpha value is -1.81. The second kappa shape index (κ2) is 7.10. The quantitative estimate of drug-likeness (QED) is 0.830. The van der Waals surface area contributed by atoms with Crippen molar-refractivity contribution >= 4 is 18.5 Å². The van der Waals surface area contributed by atoms with Crippen molar-refractivity contribution in [2.75, 3.05) is 0 Å². The maximum atomic E-state index is 12.0. The summed E-state index contributed by atoms with van der Waals surface area (Å²) in [5, 5.41) is 2.58. The fourth-order valence-corrected chi connectivity index (χ4v) is 2.23. The molecule has 0 aliphatic carbocycles. The third-order valence-electron chi connectivity index (χ3n) is 3.16. The van der Waals surface area contributed by atoms with Crippen molar-refractivity contribution in [3.63, 3.8) is 0 Å². The minimum atomic E-state index is -0.334. The monoisotopic (exact) mass is 286 g/mol. The number of aryl methyl sites for hydroxylation is 1. The number of hydrogen-bond donors (Lipinski definition) is 2. The molecule has 0 fully saturated rings. The first-order valence-corrected chi connectivity index (χ1v) is 7.07. The summed E-state index contributed by atoms with van der Waals surface area (Å²) in [6.45, 7) is 2.50. The molecule has 2 aromatic rings. The lowest BCUT2D eigenvalue weighted by atomic mass is 10.1. The van der Waals surface area contributed by atoms with E-state index in [1.165, 1.54) is 0 Å². The Morgan fingerprint density at radius 3 is 2.75 bits per heavy atom. The molecule has 20 heavy (non-hydrogen) atoms. The van der Waals surface area contributed by atoms with E-state index in [2.05, 4.69) is 22.9 Å². The van der Waals surface area contributed by atoms with Crippen LogP contribution in [0.15, 0.2) is 48.8 Å². The van der Waals surface area contributed by atoms with Gasteiger partial charge >= 0.3 is 0 Å². The summed E-state index contributed by atoms with van der Waals surface area (Å²) in [4.78, 5) is 16.1. The van der Waals surface area contributed by atoms with Gasteiger partial charge < -0.3 is 5.32 Å². The molecule has 1 amide bonds. The van der Waals surface area contributed by atoms with Gasteiger partial charge in [-0.1, -0.05) is 30.3 Å². The third-order valence-corrected chi connectivity index (χ3v) is 3.58. The van der Waals surface area contributed by atoms with Crippen molar-refractivity contribution in [3.05, 3.63) is 65.5 Å². The average molecular weight is 286 g/mol. The summed E-state index contributed by atoms with van der Waals surface area (Å²) in [5.74, 6) is -0.0478. The van der Waals surface area contributed by atoms with E-state index in [4.69, 9.17) is 0 Å². The first kappa shape index (κ1) is 14.6. The van der Waals surface area contributed by atoms with Crippen LogP contribution in [0.2, 0.25) is 0 Å². The van der Waals surface area contributed by atoms with Crippen LogP contribution in [0.4, 0.5) is 0 Å². The molecule has 0 saturated heterocycles. The summed E-state index contributed by atoms with van der Waals surface area (Å²) in [6.07, 6.45) is 4.16. The molecule has 1 unspecified atom stereocenters. The van der Waals surface area contributed by atoms with Crippen LogP contribution in [-0.4, -0.2) is 16.1 Å². The van der Waals surface area contributed by atoms with Gasteiger partial charge in [-0.3, -0.25) is 9.78 Å². The molecule has 1 atom stereocenters. The van der Waals surface area contributed by atoms with Crippen LogP contribution >= 0.6 is 12.6 Å². The van der Waals surface area contributed by atoms with E-state index in [9.17, 15) is 4.79 Å². The molecule has 104 valence electrons. The minimum absolute atomic E-state index is 0.0478. The second-order valence-corrected chi connectivity index (χ2v) is 5.35. The number of thiol groups is 1. The number of carbonyl (C=O) groups excluding carboxylic acids is 1. The van der Waals surface area contributed by atoms with Crippen LogP contribution in [0.1, 0.15) is 16.7 Å². The SMILES string of the molecule is Cc1cnccc1CNC(=O)C(S)Cc1ccccc1. The molecule has 0 saturated carbocycles. The highest BCUT2D eigenvalue weighted by molar-refractivity contribution is 7.81. The number of hydrogen-bond acceptors (Lipinski definition) is 3. The number of rotatable bonds is 5. The topological polar surface area (TPSA) is 42.0 Å². The number of nitrogens with zero attached hydrogens (tertiary/aromatic N) is 1. The minimum Gasteiger partial charge on any atom is -0.351 e. The molecule has 2 rings (SSSR count). The normalized spacial score (nSPS) is 11.9. The van der Waals surface area contributed by atoms with Gasteiger partial charge in [0.2, 0.25) is 5.91 Å². The van der Waals surface area contributed by atoms with Crippen LogP contribution in [0.3, 0.4) is 0 Å². The van der Waals surface area contributed by atoms with E-state index in [0.717, 1.165) is 16.7 Å². The van der Waals surface area contributed by atoms with Gasteiger partial charge in [0.05, 0.1) is 5.25 Å². The van der Waals surface area contributed by atoms with E-state index in [-0.39, 0.29) is 11.2 Å². The molecule has 1 aromatic carbocycles. The fourth-order valence-electron chi connectivity index (χ4n) is 1.93. The van der Waals surface area contributed by atoms with Crippen molar-refractivity contribution in [2.45, 2.75) is 25.1 Å². The largest absolute Gasteiger partial charge is 0.351 e. The van der Waals surface area contributed by atoms with E-state index < -0.39 is 0 Å². The molecule has 1 aromatic heterocycles. The third kappa shape index (κ3) is 4.10. The predicted octanol–water partition coefficient (Wildman–Crippen LogP) is 2.55.